The molecule has 0 unspecified atom stereocenters. The molecule has 0 aromatic carbocycles. The SMILES string of the molecule is CCNC(=NCCN1CCC(C)CC1)N1CC[C@@H](O)C1. The minimum absolute atomic E-state index is 0.192. The van der Waals surface area contributed by atoms with Crippen LogP contribution in [0.5, 0.6) is 0 Å². The number of hydrogen-bond acceptors (Lipinski definition) is 3. The molecule has 2 heterocycles. The van der Waals surface area contributed by atoms with Crippen LogP contribution in [0.1, 0.15) is 33.1 Å². The number of nitrogens with one attached hydrogen (secondary N) is 1. The Bertz CT molecular complexity index is 313. The molecule has 0 aliphatic carbocycles. The summed E-state index contributed by atoms with van der Waals surface area (Å²) in [5, 5.41) is 13.0. The third kappa shape index (κ3) is 4.63. The highest BCUT2D eigenvalue weighted by Gasteiger charge is 2.22. The molecule has 5 nitrogen and oxygen atoms in total. The smallest absolute Gasteiger partial charge is 0.194 e. The molecule has 2 fully saturated rings. The molecule has 0 saturated carbocycles. The molecule has 2 aliphatic heterocycles. The zero-order valence-electron chi connectivity index (χ0n) is 13.0. The number of piperidine rings is 1. The van der Waals surface area contributed by atoms with Crippen molar-refractivity contribution in [3.63, 3.8) is 0 Å². The van der Waals surface area contributed by atoms with Crippen LogP contribution in [0.3, 0.4) is 0 Å². The van der Waals surface area contributed by atoms with Crippen molar-refractivity contribution < 1.29 is 5.11 Å². The summed E-state index contributed by atoms with van der Waals surface area (Å²) in [6, 6.07) is 0. The number of hydrogen-bond donors (Lipinski definition) is 2. The van der Waals surface area contributed by atoms with Crippen LogP contribution in [0.4, 0.5) is 0 Å². The van der Waals surface area contributed by atoms with Gasteiger partial charge in [-0.05, 0) is 45.2 Å². The average Bonchev–Trinajstić information content (AvgIpc) is 2.86. The number of β-amino-alcohol motifs (C(OH)–C–C–N with tert-alkyl or cyclic N) is 1. The summed E-state index contributed by atoms with van der Waals surface area (Å²) in [6.07, 6.45) is 3.31. The van der Waals surface area contributed by atoms with Crippen LogP contribution < -0.4 is 5.32 Å². The van der Waals surface area contributed by atoms with Crippen molar-refractivity contribution in [2.24, 2.45) is 10.9 Å². The lowest BCUT2D eigenvalue weighted by Crippen LogP contribution is -2.41. The van der Waals surface area contributed by atoms with Crippen molar-refractivity contribution >= 4 is 5.96 Å². The molecular formula is C15H30N4O. The zero-order valence-corrected chi connectivity index (χ0v) is 13.0. The van der Waals surface area contributed by atoms with Crippen molar-refractivity contribution in [2.75, 3.05) is 45.8 Å². The predicted molar refractivity (Wildman–Crippen MR) is 83.0 cm³/mol. The van der Waals surface area contributed by atoms with Crippen molar-refractivity contribution in [1.82, 2.24) is 15.1 Å². The highest BCUT2D eigenvalue weighted by molar-refractivity contribution is 5.80. The van der Waals surface area contributed by atoms with E-state index in [0.29, 0.717) is 6.54 Å². The van der Waals surface area contributed by atoms with Gasteiger partial charge in [0.2, 0.25) is 0 Å². The molecule has 5 heteroatoms. The monoisotopic (exact) mass is 282 g/mol. The summed E-state index contributed by atoms with van der Waals surface area (Å²) in [7, 11) is 0. The van der Waals surface area contributed by atoms with Crippen molar-refractivity contribution in [3.05, 3.63) is 0 Å². The van der Waals surface area contributed by atoms with Crippen LogP contribution in [-0.2, 0) is 0 Å². The Labute approximate surface area is 123 Å². The molecular weight excluding hydrogens is 252 g/mol. The van der Waals surface area contributed by atoms with Gasteiger partial charge in [-0.15, -0.1) is 0 Å². The largest absolute Gasteiger partial charge is 0.391 e. The van der Waals surface area contributed by atoms with Crippen LogP contribution in [0.2, 0.25) is 0 Å². The molecule has 2 aliphatic rings. The van der Waals surface area contributed by atoms with Crippen LogP contribution in [0.15, 0.2) is 4.99 Å². The van der Waals surface area contributed by atoms with Gasteiger partial charge in [0, 0.05) is 26.2 Å². The zero-order chi connectivity index (χ0) is 14.4. The van der Waals surface area contributed by atoms with Crippen molar-refractivity contribution in [1.29, 1.82) is 0 Å². The van der Waals surface area contributed by atoms with E-state index in [9.17, 15) is 5.11 Å². The normalized spacial score (nSPS) is 26.2. The third-order valence-electron chi connectivity index (χ3n) is 4.35. The Morgan fingerprint density at radius 2 is 2.00 bits per heavy atom. The number of aliphatic imine (C=N–C) groups is 1. The maximum atomic E-state index is 9.64. The fourth-order valence-electron chi connectivity index (χ4n) is 2.94. The quantitative estimate of drug-likeness (QED) is 0.590. The van der Waals surface area contributed by atoms with E-state index in [1.807, 2.05) is 0 Å². The number of aliphatic hydroxyl groups excluding tert-OH is 1. The number of aliphatic hydroxyl groups is 1. The Morgan fingerprint density at radius 1 is 1.25 bits per heavy atom. The highest BCUT2D eigenvalue weighted by Crippen LogP contribution is 2.15. The molecule has 1 atom stereocenters. The van der Waals surface area contributed by atoms with Gasteiger partial charge in [-0.1, -0.05) is 6.92 Å². The molecule has 0 aromatic heterocycles. The molecule has 0 aromatic rings. The molecule has 2 saturated heterocycles. The first-order valence-electron chi connectivity index (χ1n) is 8.12. The van der Waals surface area contributed by atoms with E-state index >= 15 is 0 Å². The molecule has 20 heavy (non-hydrogen) atoms. The van der Waals surface area contributed by atoms with E-state index in [-0.39, 0.29) is 6.10 Å². The lowest BCUT2D eigenvalue weighted by Gasteiger charge is -2.29. The van der Waals surface area contributed by atoms with Gasteiger partial charge < -0.3 is 20.2 Å². The van der Waals surface area contributed by atoms with E-state index in [4.69, 9.17) is 4.99 Å². The Balaban J connectivity index is 1.77. The Kier molecular flexibility index (Phi) is 6.10. The second-order valence-corrected chi connectivity index (χ2v) is 6.15. The molecule has 2 N–H and O–H groups in total. The third-order valence-corrected chi connectivity index (χ3v) is 4.35. The first-order chi connectivity index (χ1) is 9.69. The summed E-state index contributed by atoms with van der Waals surface area (Å²) in [4.78, 5) is 9.41. The maximum Gasteiger partial charge on any atom is 0.194 e. The lowest BCUT2D eigenvalue weighted by molar-refractivity contribution is 0.187. The van der Waals surface area contributed by atoms with Crippen LogP contribution in [0.25, 0.3) is 0 Å². The van der Waals surface area contributed by atoms with Crippen molar-refractivity contribution in [3.8, 4) is 0 Å². The minimum Gasteiger partial charge on any atom is -0.391 e. The van der Waals surface area contributed by atoms with Gasteiger partial charge in [0.15, 0.2) is 5.96 Å². The van der Waals surface area contributed by atoms with Gasteiger partial charge in [0.25, 0.3) is 0 Å². The summed E-state index contributed by atoms with van der Waals surface area (Å²) in [6.45, 7) is 11.3. The molecule has 0 spiro atoms. The topological polar surface area (TPSA) is 51.1 Å². The summed E-state index contributed by atoms with van der Waals surface area (Å²) in [5.41, 5.74) is 0. The first-order valence-corrected chi connectivity index (χ1v) is 8.12. The standard InChI is InChI=1S/C15H30N4O/c1-3-16-15(19-10-6-14(20)12-19)17-7-11-18-8-4-13(2)5-9-18/h13-14,20H,3-12H2,1-2H3,(H,16,17)/t14-/m1/s1. The second kappa shape index (κ2) is 7.84. The van der Waals surface area contributed by atoms with E-state index in [1.54, 1.807) is 0 Å². The van der Waals surface area contributed by atoms with E-state index < -0.39 is 0 Å². The van der Waals surface area contributed by atoms with Crippen molar-refractivity contribution in [2.45, 2.75) is 39.2 Å². The van der Waals surface area contributed by atoms with Crippen LogP contribution in [0, 0.1) is 5.92 Å². The molecule has 2 rings (SSSR count). The fraction of sp³-hybridized carbons (Fsp3) is 0.933. The van der Waals surface area contributed by atoms with Gasteiger partial charge >= 0.3 is 0 Å². The van der Waals surface area contributed by atoms with Gasteiger partial charge in [0.05, 0.1) is 12.6 Å². The van der Waals surface area contributed by atoms with Crippen LogP contribution in [-0.4, -0.2) is 72.8 Å². The molecule has 0 radical (unpaired) electrons. The van der Waals surface area contributed by atoms with Gasteiger partial charge in [0.1, 0.15) is 0 Å². The second-order valence-electron chi connectivity index (χ2n) is 6.15. The van der Waals surface area contributed by atoms with Gasteiger partial charge in [-0.2, -0.15) is 0 Å². The average molecular weight is 282 g/mol. The van der Waals surface area contributed by atoms with Gasteiger partial charge in [-0.3, -0.25) is 4.99 Å². The van der Waals surface area contributed by atoms with E-state index in [2.05, 4.69) is 29.0 Å². The Morgan fingerprint density at radius 3 is 2.60 bits per heavy atom. The summed E-state index contributed by atoms with van der Waals surface area (Å²) in [5.74, 6) is 1.85. The number of nitrogens with zero attached hydrogens (tertiary/aromatic N) is 3. The van der Waals surface area contributed by atoms with E-state index in [0.717, 1.165) is 44.5 Å². The maximum absolute atomic E-state index is 9.64. The fourth-order valence-corrected chi connectivity index (χ4v) is 2.94. The molecule has 0 amide bonds. The van der Waals surface area contributed by atoms with E-state index in [1.165, 1.54) is 25.9 Å². The predicted octanol–water partition coefficient (Wildman–Crippen LogP) is 0.750. The lowest BCUT2D eigenvalue weighted by atomic mass is 9.99. The molecule has 116 valence electrons. The number of rotatable bonds is 4. The molecule has 0 bridgehead atoms. The summed E-state index contributed by atoms with van der Waals surface area (Å²) >= 11 is 0. The number of guanidine groups is 1. The Hall–Kier alpha value is -0.810. The highest BCUT2D eigenvalue weighted by atomic mass is 16.3. The minimum atomic E-state index is -0.192. The van der Waals surface area contributed by atoms with Gasteiger partial charge in [-0.25, -0.2) is 0 Å². The first kappa shape index (κ1) is 15.6. The number of likely N-dealkylation sites (tertiary alicyclic amines) is 2. The van der Waals surface area contributed by atoms with Crippen LogP contribution >= 0.6 is 0 Å². The summed E-state index contributed by atoms with van der Waals surface area (Å²) < 4.78 is 0.